The van der Waals surface area contributed by atoms with Crippen LogP contribution in [0.1, 0.15) is 18.9 Å². The van der Waals surface area contributed by atoms with Gasteiger partial charge in [-0.2, -0.15) is 5.10 Å². The first-order valence-electron chi connectivity index (χ1n) is 8.20. The second-order valence-corrected chi connectivity index (χ2v) is 6.25. The summed E-state index contributed by atoms with van der Waals surface area (Å²) in [6.45, 7) is 2.03. The first kappa shape index (κ1) is 17.2. The summed E-state index contributed by atoms with van der Waals surface area (Å²) < 4.78 is 7.52. The Hall–Kier alpha value is -2.66. The van der Waals surface area contributed by atoms with Gasteiger partial charge in [-0.3, -0.25) is 0 Å². The molecule has 2 aromatic carbocycles. The van der Waals surface area contributed by atoms with Crippen molar-refractivity contribution in [3.05, 3.63) is 71.1 Å². The molecule has 3 aromatic rings. The number of H-pyrrole nitrogens is 1. The molecule has 3 rings (SSSR count). The van der Waals surface area contributed by atoms with Gasteiger partial charge >= 0.3 is 0 Å². The van der Waals surface area contributed by atoms with Crippen LogP contribution in [0.2, 0.25) is 0 Å². The Morgan fingerprint density at radius 3 is 2.52 bits per heavy atom. The van der Waals surface area contributed by atoms with Gasteiger partial charge in [-0.1, -0.05) is 42.5 Å². The fraction of sp³-hybridized carbons (Fsp3) is 0.200. The average Bonchev–Trinajstić information content (AvgIpc) is 3.01. The van der Waals surface area contributed by atoms with E-state index in [1.54, 1.807) is 11.8 Å². The molecule has 4 nitrogen and oxygen atoms in total. The summed E-state index contributed by atoms with van der Waals surface area (Å²) in [5, 5.41) is 4.63. The quantitative estimate of drug-likeness (QED) is 0.497. The molecule has 0 aliphatic heterocycles. The fourth-order valence-electron chi connectivity index (χ4n) is 2.58. The van der Waals surface area contributed by atoms with E-state index in [1.165, 1.54) is 5.56 Å². The van der Waals surface area contributed by atoms with Crippen LogP contribution in [0.3, 0.4) is 0 Å². The monoisotopic (exact) mass is 351 g/mol. The number of nitrogens with zero attached hydrogens (tertiary/aromatic N) is 2. The largest absolute Gasteiger partial charge is 0.497 e. The van der Waals surface area contributed by atoms with E-state index in [0.717, 1.165) is 35.6 Å². The molecular weight excluding hydrogens is 330 g/mol. The minimum atomic E-state index is 0.600. The standard InChI is InChI=1S/C20H21N3OS/c1-15(8-9-16-10-12-18(24-2)13-11-16)22-23-14-19(21-20(23)25)17-6-4-3-5-7-17/h3-7,10-14H,8-9H2,1-2H3,(H,21,25)/b22-15+. The molecule has 1 heterocycles. The molecular formula is C20H21N3OS. The predicted octanol–water partition coefficient (Wildman–Crippen LogP) is 5.08. The molecule has 0 atom stereocenters. The molecule has 0 saturated heterocycles. The van der Waals surface area contributed by atoms with Gasteiger partial charge in [0.15, 0.2) is 4.77 Å². The van der Waals surface area contributed by atoms with Crippen LogP contribution in [0.5, 0.6) is 5.75 Å². The van der Waals surface area contributed by atoms with Crippen molar-refractivity contribution < 1.29 is 4.74 Å². The summed E-state index contributed by atoms with van der Waals surface area (Å²) in [6.07, 6.45) is 3.75. The van der Waals surface area contributed by atoms with Gasteiger partial charge in [-0.05, 0) is 55.2 Å². The summed E-state index contributed by atoms with van der Waals surface area (Å²) in [5.74, 6) is 0.876. The number of aromatic nitrogens is 2. The minimum Gasteiger partial charge on any atom is -0.497 e. The topological polar surface area (TPSA) is 42.3 Å². The van der Waals surface area contributed by atoms with Gasteiger partial charge < -0.3 is 9.72 Å². The maximum atomic E-state index is 5.38. The van der Waals surface area contributed by atoms with Gasteiger partial charge in [-0.15, -0.1) is 0 Å². The molecule has 1 aromatic heterocycles. The lowest BCUT2D eigenvalue weighted by Crippen LogP contribution is -1.99. The van der Waals surface area contributed by atoms with Crippen LogP contribution in [0.4, 0.5) is 0 Å². The first-order valence-corrected chi connectivity index (χ1v) is 8.61. The van der Waals surface area contributed by atoms with Crippen molar-refractivity contribution in [1.29, 1.82) is 0 Å². The molecule has 0 amide bonds. The molecule has 0 aliphatic rings. The molecule has 0 saturated carbocycles. The van der Waals surface area contributed by atoms with Crippen molar-refractivity contribution >= 4 is 17.9 Å². The lowest BCUT2D eigenvalue weighted by molar-refractivity contribution is 0.414. The van der Waals surface area contributed by atoms with Crippen LogP contribution in [-0.2, 0) is 6.42 Å². The van der Waals surface area contributed by atoms with Gasteiger partial charge in [0, 0.05) is 5.71 Å². The third-order valence-electron chi connectivity index (χ3n) is 4.00. The Kier molecular flexibility index (Phi) is 5.46. The summed E-state index contributed by atoms with van der Waals surface area (Å²) in [4.78, 5) is 3.21. The highest BCUT2D eigenvalue weighted by Crippen LogP contribution is 2.17. The van der Waals surface area contributed by atoms with E-state index < -0.39 is 0 Å². The number of imidazole rings is 1. The summed E-state index contributed by atoms with van der Waals surface area (Å²) in [7, 11) is 1.68. The maximum Gasteiger partial charge on any atom is 0.198 e. The van der Waals surface area contributed by atoms with Crippen LogP contribution in [0.15, 0.2) is 65.9 Å². The Morgan fingerprint density at radius 1 is 1.12 bits per heavy atom. The molecule has 0 spiro atoms. The van der Waals surface area contributed by atoms with Crippen LogP contribution in [0.25, 0.3) is 11.3 Å². The zero-order valence-electron chi connectivity index (χ0n) is 14.4. The Balaban J connectivity index is 1.69. The normalized spacial score (nSPS) is 11.5. The van der Waals surface area contributed by atoms with Crippen molar-refractivity contribution in [3.63, 3.8) is 0 Å². The number of aryl methyl sites for hydroxylation is 1. The second kappa shape index (κ2) is 7.94. The van der Waals surface area contributed by atoms with Gasteiger partial charge in [0.25, 0.3) is 0 Å². The number of aromatic amines is 1. The van der Waals surface area contributed by atoms with E-state index in [-0.39, 0.29) is 0 Å². The minimum absolute atomic E-state index is 0.600. The number of benzene rings is 2. The van der Waals surface area contributed by atoms with Crippen molar-refractivity contribution in [3.8, 4) is 17.0 Å². The lowest BCUT2D eigenvalue weighted by Gasteiger charge is -2.04. The third kappa shape index (κ3) is 4.45. The zero-order valence-corrected chi connectivity index (χ0v) is 15.2. The van der Waals surface area contributed by atoms with Gasteiger partial charge in [-0.25, -0.2) is 4.68 Å². The Labute approximate surface area is 152 Å². The molecule has 1 N–H and O–H groups in total. The third-order valence-corrected chi connectivity index (χ3v) is 4.29. The van der Waals surface area contributed by atoms with Crippen molar-refractivity contribution in [1.82, 2.24) is 9.66 Å². The molecule has 0 radical (unpaired) electrons. The maximum absolute atomic E-state index is 5.38. The number of hydrogen-bond acceptors (Lipinski definition) is 3. The SMILES string of the molecule is COc1ccc(CC/C(C)=N/n2cc(-c3ccccc3)[nH]c2=S)cc1. The average molecular weight is 351 g/mol. The number of nitrogens with one attached hydrogen (secondary N) is 1. The Bertz CT molecular complexity index is 908. The second-order valence-electron chi connectivity index (χ2n) is 5.87. The van der Waals surface area contributed by atoms with E-state index in [1.807, 2.05) is 55.6 Å². The Morgan fingerprint density at radius 2 is 1.84 bits per heavy atom. The highest BCUT2D eigenvalue weighted by molar-refractivity contribution is 7.71. The van der Waals surface area contributed by atoms with Crippen molar-refractivity contribution in [2.75, 3.05) is 7.11 Å². The fourth-order valence-corrected chi connectivity index (χ4v) is 2.78. The van der Waals surface area contributed by atoms with Crippen LogP contribution in [0, 0.1) is 4.77 Å². The molecule has 0 unspecified atom stereocenters. The number of methoxy groups -OCH3 is 1. The number of rotatable bonds is 6. The van der Waals surface area contributed by atoms with Gasteiger partial charge in [0.05, 0.1) is 19.0 Å². The molecule has 5 heteroatoms. The number of hydrogen-bond donors (Lipinski definition) is 1. The highest BCUT2D eigenvalue weighted by atomic mass is 32.1. The summed E-state index contributed by atoms with van der Waals surface area (Å²) >= 11 is 5.38. The molecule has 25 heavy (non-hydrogen) atoms. The first-order chi connectivity index (χ1) is 12.2. The van der Waals surface area contributed by atoms with Crippen molar-refractivity contribution in [2.24, 2.45) is 5.10 Å². The van der Waals surface area contributed by atoms with E-state index in [9.17, 15) is 0 Å². The number of ether oxygens (including phenoxy) is 1. The van der Waals surface area contributed by atoms with Crippen LogP contribution in [-0.4, -0.2) is 22.5 Å². The molecule has 0 bridgehead atoms. The molecule has 128 valence electrons. The molecule has 0 fully saturated rings. The summed E-state index contributed by atoms with van der Waals surface area (Å²) in [6, 6.07) is 18.2. The summed E-state index contributed by atoms with van der Waals surface area (Å²) in [5.41, 5.74) is 4.36. The molecule has 0 aliphatic carbocycles. The lowest BCUT2D eigenvalue weighted by atomic mass is 10.1. The van der Waals surface area contributed by atoms with E-state index in [4.69, 9.17) is 17.0 Å². The van der Waals surface area contributed by atoms with Crippen molar-refractivity contribution in [2.45, 2.75) is 19.8 Å². The van der Waals surface area contributed by atoms with Crippen LogP contribution >= 0.6 is 12.2 Å². The smallest absolute Gasteiger partial charge is 0.198 e. The highest BCUT2D eigenvalue weighted by Gasteiger charge is 2.03. The van der Waals surface area contributed by atoms with Crippen LogP contribution < -0.4 is 4.74 Å². The van der Waals surface area contributed by atoms with E-state index >= 15 is 0 Å². The van der Waals surface area contributed by atoms with Gasteiger partial charge in [0.1, 0.15) is 5.75 Å². The van der Waals surface area contributed by atoms with E-state index in [2.05, 4.69) is 22.2 Å². The zero-order chi connectivity index (χ0) is 17.6. The van der Waals surface area contributed by atoms with E-state index in [0.29, 0.717) is 4.77 Å². The predicted molar refractivity (Wildman–Crippen MR) is 105 cm³/mol. The van der Waals surface area contributed by atoms with Gasteiger partial charge in [0.2, 0.25) is 0 Å².